The Morgan fingerprint density at radius 2 is 2.21 bits per heavy atom. The van der Waals surface area contributed by atoms with Gasteiger partial charge in [-0.2, -0.15) is 4.31 Å². The summed E-state index contributed by atoms with van der Waals surface area (Å²) in [7, 11) is -1.96. The topological polar surface area (TPSA) is 49.4 Å². The van der Waals surface area contributed by atoms with E-state index in [-0.39, 0.29) is 10.9 Å². The molecule has 1 saturated heterocycles. The van der Waals surface area contributed by atoms with Crippen molar-refractivity contribution in [2.24, 2.45) is 0 Å². The quantitative estimate of drug-likeness (QED) is 0.912. The van der Waals surface area contributed by atoms with Crippen LogP contribution in [0.15, 0.2) is 23.1 Å². The average Bonchev–Trinajstić information content (AvgIpc) is 2.81. The fourth-order valence-electron chi connectivity index (χ4n) is 2.50. The van der Waals surface area contributed by atoms with Crippen LogP contribution in [0.3, 0.4) is 0 Å². The first kappa shape index (κ1) is 14.4. The third kappa shape index (κ3) is 2.80. The lowest BCUT2D eigenvalue weighted by atomic mass is 10.2. The Morgan fingerprint density at radius 1 is 1.47 bits per heavy atom. The van der Waals surface area contributed by atoms with Crippen molar-refractivity contribution in [3.8, 4) is 0 Å². The molecular formula is C13H19FN2O2S. The number of benzene rings is 1. The highest BCUT2D eigenvalue weighted by atomic mass is 32.2. The van der Waals surface area contributed by atoms with Crippen LogP contribution in [0.4, 0.5) is 4.39 Å². The Morgan fingerprint density at radius 3 is 2.89 bits per heavy atom. The van der Waals surface area contributed by atoms with Gasteiger partial charge in [0.05, 0.1) is 0 Å². The highest BCUT2D eigenvalue weighted by molar-refractivity contribution is 7.89. The van der Waals surface area contributed by atoms with E-state index in [1.807, 2.05) is 0 Å². The van der Waals surface area contributed by atoms with E-state index in [4.69, 9.17) is 0 Å². The molecule has 106 valence electrons. The van der Waals surface area contributed by atoms with E-state index in [2.05, 4.69) is 5.32 Å². The number of nitrogens with one attached hydrogen (secondary N) is 1. The molecule has 4 nitrogen and oxygen atoms in total. The Labute approximate surface area is 113 Å². The molecule has 0 aliphatic carbocycles. The lowest BCUT2D eigenvalue weighted by Gasteiger charge is -2.24. The number of sulfonamides is 1. The van der Waals surface area contributed by atoms with Crippen LogP contribution in [-0.2, 0) is 10.0 Å². The molecule has 19 heavy (non-hydrogen) atoms. The molecular weight excluding hydrogens is 267 g/mol. The first-order chi connectivity index (χ1) is 8.96. The van der Waals surface area contributed by atoms with E-state index in [1.165, 1.54) is 16.4 Å². The monoisotopic (exact) mass is 286 g/mol. The summed E-state index contributed by atoms with van der Waals surface area (Å²) < 4.78 is 40.3. The number of halogens is 1. The van der Waals surface area contributed by atoms with Gasteiger partial charge in [0.1, 0.15) is 10.7 Å². The fraction of sp³-hybridized carbons (Fsp3) is 0.538. The zero-order valence-corrected chi connectivity index (χ0v) is 12.0. The van der Waals surface area contributed by atoms with Crippen LogP contribution in [0, 0.1) is 12.7 Å². The molecule has 1 unspecified atom stereocenters. The summed E-state index contributed by atoms with van der Waals surface area (Å²) in [6, 6.07) is 4.10. The highest BCUT2D eigenvalue weighted by Crippen LogP contribution is 2.27. The molecule has 1 fully saturated rings. The highest BCUT2D eigenvalue weighted by Gasteiger charge is 2.36. The van der Waals surface area contributed by atoms with Gasteiger partial charge in [0.15, 0.2) is 0 Å². The summed E-state index contributed by atoms with van der Waals surface area (Å²) in [6.45, 7) is 2.81. The first-order valence-corrected chi connectivity index (χ1v) is 7.83. The maximum absolute atomic E-state index is 13.8. The standard InChI is InChI=1S/C13H19FN2O2S/c1-10-5-6-12(14)13(8-10)19(17,18)16-7-3-4-11(16)9-15-2/h5-6,8,11,15H,3-4,7,9H2,1-2H3. The molecule has 1 aliphatic rings. The molecule has 0 radical (unpaired) electrons. The lowest BCUT2D eigenvalue weighted by molar-refractivity contribution is 0.376. The molecule has 0 spiro atoms. The lowest BCUT2D eigenvalue weighted by Crippen LogP contribution is -2.41. The molecule has 1 aliphatic heterocycles. The summed E-state index contributed by atoms with van der Waals surface area (Å²) >= 11 is 0. The van der Waals surface area contributed by atoms with Crippen molar-refractivity contribution < 1.29 is 12.8 Å². The molecule has 0 bridgehead atoms. The average molecular weight is 286 g/mol. The minimum Gasteiger partial charge on any atom is -0.318 e. The van der Waals surface area contributed by atoms with Crippen LogP contribution >= 0.6 is 0 Å². The summed E-state index contributed by atoms with van der Waals surface area (Å²) in [5.41, 5.74) is 0.740. The maximum atomic E-state index is 13.8. The summed E-state index contributed by atoms with van der Waals surface area (Å²) in [5, 5.41) is 2.99. The summed E-state index contributed by atoms with van der Waals surface area (Å²) in [5.74, 6) is -0.680. The van der Waals surface area contributed by atoms with E-state index in [0.29, 0.717) is 13.1 Å². The fourth-order valence-corrected chi connectivity index (χ4v) is 4.34. The van der Waals surface area contributed by atoms with Crippen molar-refractivity contribution in [1.29, 1.82) is 0 Å². The minimum absolute atomic E-state index is 0.0880. The molecule has 1 heterocycles. The second kappa shape index (κ2) is 5.56. The van der Waals surface area contributed by atoms with E-state index < -0.39 is 15.8 Å². The zero-order chi connectivity index (χ0) is 14.0. The van der Waals surface area contributed by atoms with E-state index in [1.54, 1.807) is 20.0 Å². The first-order valence-electron chi connectivity index (χ1n) is 6.39. The molecule has 1 N–H and O–H groups in total. The van der Waals surface area contributed by atoms with E-state index in [9.17, 15) is 12.8 Å². The van der Waals surface area contributed by atoms with E-state index >= 15 is 0 Å². The Balaban J connectivity index is 2.39. The summed E-state index contributed by atoms with van der Waals surface area (Å²) in [4.78, 5) is -0.212. The molecule has 2 rings (SSSR count). The second-order valence-electron chi connectivity index (χ2n) is 4.90. The van der Waals surface area contributed by atoms with Crippen LogP contribution in [0.2, 0.25) is 0 Å². The Kier molecular flexibility index (Phi) is 4.23. The Hall–Kier alpha value is -0.980. The van der Waals surface area contributed by atoms with Crippen molar-refractivity contribution in [2.75, 3.05) is 20.1 Å². The van der Waals surface area contributed by atoms with Gasteiger partial charge in [0, 0.05) is 19.1 Å². The third-order valence-electron chi connectivity index (χ3n) is 3.44. The zero-order valence-electron chi connectivity index (χ0n) is 11.2. The molecule has 1 atom stereocenters. The maximum Gasteiger partial charge on any atom is 0.246 e. The molecule has 6 heteroatoms. The minimum atomic E-state index is -3.74. The van der Waals surface area contributed by atoms with Gasteiger partial charge < -0.3 is 5.32 Å². The van der Waals surface area contributed by atoms with Crippen LogP contribution in [0.1, 0.15) is 18.4 Å². The number of aryl methyl sites for hydroxylation is 1. The predicted molar refractivity (Wildman–Crippen MR) is 72.0 cm³/mol. The van der Waals surface area contributed by atoms with Gasteiger partial charge in [0.2, 0.25) is 10.0 Å². The molecule has 0 saturated carbocycles. The van der Waals surface area contributed by atoms with Gasteiger partial charge in [-0.15, -0.1) is 0 Å². The number of hydrogen-bond donors (Lipinski definition) is 1. The Bertz CT molecular complexity index is 560. The van der Waals surface area contributed by atoms with Gasteiger partial charge in [-0.25, -0.2) is 12.8 Å². The molecule has 1 aromatic rings. The van der Waals surface area contributed by atoms with Crippen molar-refractivity contribution in [3.63, 3.8) is 0 Å². The van der Waals surface area contributed by atoms with Crippen molar-refractivity contribution >= 4 is 10.0 Å². The van der Waals surface area contributed by atoms with Crippen LogP contribution in [-0.4, -0.2) is 38.9 Å². The van der Waals surface area contributed by atoms with Crippen molar-refractivity contribution in [1.82, 2.24) is 9.62 Å². The number of likely N-dealkylation sites (N-methyl/N-ethyl adjacent to an activating group) is 1. The molecule has 1 aromatic carbocycles. The van der Waals surface area contributed by atoms with Crippen LogP contribution in [0.5, 0.6) is 0 Å². The van der Waals surface area contributed by atoms with Gasteiger partial charge >= 0.3 is 0 Å². The summed E-state index contributed by atoms with van der Waals surface area (Å²) in [6.07, 6.45) is 1.63. The number of nitrogens with zero attached hydrogens (tertiary/aromatic N) is 1. The van der Waals surface area contributed by atoms with E-state index in [0.717, 1.165) is 18.4 Å². The molecule has 0 aromatic heterocycles. The van der Waals surface area contributed by atoms with Crippen LogP contribution < -0.4 is 5.32 Å². The number of hydrogen-bond acceptors (Lipinski definition) is 3. The van der Waals surface area contributed by atoms with Crippen LogP contribution in [0.25, 0.3) is 0 Å². The smallest absolute Gasteiger partial charge is 0.246 e. The number of rotatable bonds is 4. The van der Waals surface area contributed by atoms with Gasteiger partial charge in [0.25, 0.3) is 0 Å². The van der Waals surface area contributed by atoms with Gasteiger partial charge in [-0.05, 0) is 44.5 Å². The predicted octanol–water partition coefficient (Wildman–Crippen LogP) is 1.51. The van der Waals surface area contributed by atoms with Gasteiger partial charge in [-0.1, -0.05) is 6.07 Å². The van der Waals surface area contributed by atoms with Gasteiger partial charge in [-0.3, -0.25) is 0 Å². The largest absolute Gasteiger partial charge is 0.318 e. The SMILES string of the molecule is CNCC1CCCN1S(=O)(=O)c1cc(C)ccc1F. The van der Waals surface area contributed by atoms with Crippen molar-refractivity contribution in [2.45, 2.75) is 30.7 Å². The van der Waals surface area contributed by atoms with Crippen molar-refractivity contribution in [3.05, 3.63) is 29.6 Å². The normalized spacial score (nSPS) is 20.9. The molecule has 0 amide bonds. The third-order valence-corrected chi connectivity index (χ3v) is 5.40. The second-order valence-corrected chi connectivity index (χ2v) is 6.76.